The molecule has 7 heteroatoms. The topological polar surface area (TPSA) is 56.7 Å². The van der Waals surface area contributed by atoms with Crippen LogP contribution >= 0.6 is 0 Å². The zero-order valence-electron chi connectivity index (χ0n) is 35.2. The van der Waals surface area contributed by atoms with Crippen molar-refractivity contribution in [2.45, 2.75) is 79.1 Å². The molecule has 0 amide bonds. The van der Waals surface area contributed by atoms with Gasteiger partial charge in [0.2, 0.25) is 0 Å². The molecular weight excluding hydrogens is 918 g/mol. The molecule has 0 bridgehead atoms. The maximum atomic E-state index is 6.70. The molecule has 5 aromatic carbocycles. The molecule has 5 aromatic heterocycles. The standard InChI is InChI=1S/C53H47N5O.Pt/c1-30(2)36-13-9-14-37(31(3)4)48(36)43-17-11-19-46-50(43)41-23-21-35(28-45(41)51-55-25-26-57(46)51)59-34-20-22-40-42-18-12-24-54-52(42)58-47(29-56-53(58)44(40)27-34)49-38(32(5)6)15-10-16-39(49)33(7)8;/h9-26,29-33H,1-8H3;/q-2;+2. The Balaban J connectivity index is 0.00000462. The van der Waals surface area contributed by atoms with Crippen LogP contribution < -0.4 is 4.74 Å². The average Bonchev–Trinajstić information content (AvgIpc) is 3.92. The van der Waals surface area contributed by atoms with E-state index in [1.165, 1.54) is 44.3 Å². The molecule has 0 aliphatic rings. The summed E-state index contributed by atoms with van der Waals surface area (Å²) in [7, 11) is 0. The van der Waals surface area contributed by atoms with Crippen molar-refractivity contribution in [1.29, 1.82) is 0 Å². The fourth-order valence-electron chi connectivity index (χ4n) is 9.30. The van der Waals surface area contributed by atoms with Crippen LogP contribution in [0.3, 0.4) is 0 Å². The van der Waals surface area contributed by atoms with Gasteiger partial charge in [0.05, 0.1) is 17.0 Å². The van der Waals surface area contributed by atoms with E-state index >= 15 is 0 Å². The van der Waals surface area contributed by atoms with Crippen molar-refractivity contribution in [2.75, 3.05) is 0 Å². The molecule has 300 valence electrons. The third-order valence-electron chi connectivity index (χ3n) is 12.0. The molecule has 6 nitrogen and oxygen atoms in total. The van der Waals surface area contributed by atoms with Crippen LogP contribution in [0.1, 0.15) is 101 Å². The Morgan fingerprint density at radius 1 is 0.517 bits per heavy atom. The molecule has 0 aliphatic heterocycles. The summed E-state index contributed by atoms with van der Waals surface area (Å²) < 4.78 is 11.1. The van der Waals surface area contributed by atoms with Crippen molar-refractivity contribution < 1.29 is 25.8 Å². The summed E-state index contributed by atoms with van der Waals surface area (Å²) >= 11 is 0. The molecule has 0 spiro atoms. The normalized spacial score (nSPS) is 12.1. The van der Waals surface area contributed by atoms with Crippen LogP contribution in [0.15, 0.2) is 116 Å². The molecule has 5 heterocycles. The van der Waals surface area contributed by atoms with Crippen molar-refractivity contribution in [2.24, 2.45) is 0 Å². The Hall–Kier alpha value is -5.84. The maximum absolute atomic E-state index is 6.70. The van der Waals surface area contributed by atoms with Crippen molar-refractivity contribution in [3.8, 4) is 33.9 Å². The molecule has 0 unspecified atom stereocenters. The van der Waals surface area contributed by atoms with Crippen molar-refractivity contribution in [3.63, 3.8) is 0 Å². The molecule has 60 heavy (non-hydrogen) atoms. The minimum absolute atomic E-state index is 0. The molecule has 0 fully saturated rings. The predicted octanol–water partition coefficient (Wildman–Crippen LogP) is 14.2. The number of benzene rings is 5. The molecule has 10 rings (SSSR count). The molecule has 0 saturated heterocycles. The number of ether oxygens (including phenoxy) is 1. The summed E-state index contributed by atoms with van der Waals surface area (Å²) in [5, 5.41) is 6.11. The third-order valence-corrected chi connectivity index (χ3v) is 12.0. The first-order valence-electron chi connectivity index (χ1n) is 20.9. The summed E-state index contributed by atoms with van der Waals surface area (Å²) in [4.78, 5) is 14.9. The number of aromatic nitrogens is 5. The number of nitrogens with zero attached hydrogens (tertiary/aromatic N) is 5. The second kappa shape index (κ2) is 15.3. The first-order chi connectivity index (χ1) is 28.6. The third kappa shape index (κ3) is 6.22. The second-order valence-electron chi connectivity index (χ2n) is 17.1. The molecule has 0 saturated carbocycles. The first kappa shape index (κ1) is 39.6. The maximum Gasteiger partial charge on any atom is 2.00 e. The van der Waals surface area contributed by atoms with Gasteiger partial charge in [-0.15, -0.1) is 12.1 Å². The fourth-order valence-corrected chi connectivity index (χ4v) is 9.30. The van der Waals surface area contributed by atoms with Gasteiger partial charge < -0.3 is 13.5 Å². The summed E-state index contributed by atoms with van der Waals surface area (Å²) in [5.74, 6) is 2.57. The van der Waals surface area contributed by atoms with E-state index in [0.29, 0.717) is 35.2 Å². The van der Waals surface area contributed by atoms with E-state index < -0.39 is 0 Å². The number of pyridine rings is 3. The number of rotatable bonds is 8. The van der Waals surface area contributed by atoms with Gasteiger partial charge in [0.15, 0.2) is 0 Å². The van der Waals surface area contributed by atoms with Gasteiger partial charge in [-0.05, 0) is 80.0 Å². The molecule has 0 atom stereocenters. The van der Waals surface area contributed by atoms with Gasteiger partial charge in [-0.25, -0.2) is 4.98 Å². The Kier molecular flexibility index (Phi) is 10.1. The first-order valence-corrected chi connectivity index (χ1v) is 20.9. The fraction of sp³-hybridized carbons (Fsp3) is 0.226. The second-order valence-corrected chi connectivity index (χ2v) is 17.1. The molecule has 0 aliphatic carbocycles. The Morgan fingerprint density at radius 3 is 1.72 bits per heavy atom. The summed E-state index contributed by atoms with van der Waals surface area (Å²) in [6.45, 7) is 18.2. The zero-order chi connectivity index (χ0) is 40.7. The van der Waals surface area contributed by atoms with Gasteiger partial charge in [-0.1, -0.05) is 156 Å². The van der Waals surface area contributed by atoms with Gasteiger partial charge in [0, 0.05) is 47.4 Å². The number of hydrogen-bond donors (Lipinski definition) is 0. The van der Waals surface area contributed by atoms with Crippen LogP contribution in [0.4, 0.5) is 0 Å². The van der Waals surface area contributed by atoms with E-state index in [9.17, 15) is 0 Å². The van der Waals surface area contributed by atoms with Gasteiger partial charge in [0.25, 0.3) is 0 Å². The molecular formula is C53H47N5OPt. The van der Waals surface area contributed by atoms with Crippen LogP contribution in [-0.4, -0.2) is 23.8 Å². The SMILES string of the molecule is CC(C)c1cccc(C(C)C)c1-c1cccc2c1c1ccc(Oc3[c-]c4c(cc3)c3cccnc3n3c(-c5c(C(C)C)cccc5C(C)C)cnc43)[c-]c1c1nccn21.[Pt+2]. The zero-order valence-corrected chi connectivity index (χ0v) is 37.5. The Bertz CT molecular complexity index is 3220. The van der Waals surface area contributed by atoms with Gasteiger partial charge in [0.1, 0.15) is 5.65 Å². The molecule has 10 aromatic rings. The molecule has 0 N–H and O–H groups in total. The number of fused-ring (bicyclic) bond motifs is 12. The van der Waals surface area contributed by atoms with Crippen LogP contribution in [0.5, 0.6) is 11.5 Å². The Labute approximate surface area is 365 Å². The van der Waals surface area contributed by atoms with Crippen molar-refractivity contribution in [1.82, 2.24) is 23.8 Å². The average molecular weight is 965 g/mol. The number of imidazole rings is 2. The Morgan fingerprint density at radius 2 is 1.08 bits per heavy atom. The minimum atomic E-state index is 0. The minimum Gasteiger partial charge on any atom is -0.497 e. The summed E-state index contributed by atoms with van der Waals surface area (Å²) in [6.07, 6.45) is 7.78. The monoisotopic (exact) mass is 964 g/mol. The van der Waals surface area contributed by atoms with E-state index in [-0.39, 0.29) is 21.1 Å². The van der Waals surface area contributed by atoms with Gasteiger partial charge in [-0.3, -0.25) is 9.97 Å². The van der Waals surface area contributed by atoms with Crippen LogP contribution in [0.25, 0.3) is 77.2 Å². The van der Waals surface area contributed by atoms with Gasteiger partial charge in [-0.2, -0.15) is 0 Å². The van der Waals surface area contributed by atoms with E-state index in [1.807, 2.05) is 43.0 Å². The predicted molar refractivity (Wildman–Crippen MR) is 243 cm³/mol. The van der Waals surface area contributed by atoms with Gasteiger partial charge >= 0.3 is 21.1 Å². The van der Waals surface area contributed by atoms with E-state index in [0.717, 1.165) is 55.1 Å². The van der Waals surface area contributed by atoms with E-state index in [1.54, 1.807) is 0 Å². The van der Waals surface area contributed by atoms with Crippen LogP contribution in [-0.2, 0) is 21.1 Å². The smallest absolute Gasteiger partial charge is 0.497 e. The summed E-state index contributed by atoms with van der Waals surface area (Å²) in [5.41, 5.74) is 13.7. The molecule has 0 radical (unpaired) electrons. The van der Waals surface area contributed by atoms with Crippen molar-refractivity contribution >= 4 is 54.8 Å². The van der Waals surface area contributed by atoms with E-state index in [2.05, 4.69) is 149 Å². The largest absolute Gasteiger partial charge is 2.00 e. The number of hydrogen-bond acceptors (Lipinski definition) is 4. The van der Waals surface area contributed by atoms with Crippen LogP contribution in [0, 0.1) is 12.1 Å². The van der Waals surface area contributed by atoms with E-state index in [4.69, 9.17) is 19.7 Å². The van der Waals surface area contributed by atoms with Crippen molar-refractivity contribution in [3.05, 3.63) is 150 Å². The van der Waals surface area contributed by atoms with Crippen LogP contribution in [0.2, 0.25) is 0 Å². The summed E-state index contributed by atoms with van der Waals surface area (Å²) in [6, 6.07) is 39.8. The quantitative estimate of drug-likeness (QED) is 0.112.